The number of hydrogen-bond acceptors (Lipinski definition) is 2. The fourth-order valence-electron chi connectivity index (χ4n) is 3.47. The van der Waals surface area contributed by atoms with Crippen molar-refractivity contribution < 1.29 is 0 Å². The van der Waals surface area contributed by atoms with Crippen molar-refractivity contribution in [3.05, 3.63) is 29.3 Å². The quantitative estimate of drug-likeness (QED) is 0.791. The first kappa shape index (κ1) is 11.1. The lowest BCUT2D eigenvalue weighted by Crippen LogP contribution is -2.25. The van der Waals surface area contributed by atoms with Crippen LogP contribution in [0.15, 0.2) is 18.2 Å². The highest BCUT2D eigenvalue weighted by molar-refractivity contribution is 5.52. The first-order valence-electron chi connectivity index (χ1n) is 6.82. The fourth-order valence-corrected chi connectivity index (χ4v) is 3.47. The SMILES string of the molecule is CC1CCCC1CN1Cc2cccc(N)c2C1. The summed E-state index contributed by atoms with van der Waals surface area (Å²) in [5.74, 6) is 1.82. The van der Waals surface area contributed by atoms with Crippen LogP contribution in [0.3, 0.4) is 0 Å². The van der Waals surface area contributed by atoms with Crippen LogP contribution in [0.4, 0.5) is 5.69 Å². The van der Waals surface area contributed by atoms with Gasteiger partial charge in [0.05, 0.1) is 0 Å². The van der Waals surface area contributed by atoms with Crippen LogP contribution in [0.5, 0.6) is 0 Å². The Hall–Kier alpha value is -1.02. The van der Waals surface area contributed by atoms with E-state index in [4.69, 9.17) is 5.73 Å². The van der Waals surface area contributed by atoms with E-state index in [0.717, 1.165) is 30.6 Å². The lowest BCUT2D eigenvalue weighted by molar-refractivity contribution is 0.213. The smallest absolute Gasteiger partial charge is 0.0363 e. The number of benzene rings is 1. The van der Waals surface area contributed by atoms with Gasteiger partial charge in [-0.25, -0.2) is 0 Å². The Morgan fingerprint density at radius 3 is 2.88 bits per heavy atom. The molecule has 2 atom stereocenters. The molecule has 1 heterocycles. The van der Waals surface area contributed by atoms with Crippen molar-refractivity contribution in [2.24, 2.45) is 11.8 Å². The van der Waals surface area contributed by atoms with Gasteiger partial charge in [-0.1, -0.05) is 31.9 Å². The molecule has 1 aromatic rings. The minimum Gasteiger partial charge on any atom is -0.398 e. The molecule has 92 valence electrons. The molecule has 1 fully saturated rings. The van der Waals surface area contributed by atoms with Crippen LogP contribution in [0.25, 0.3) is 0 Å². The van der Waals surface area contributed by atoms with Crippen LogP contribution in [-0.2, 0) is 13.1 Å². The topological polar surface area (TPSA) is 29.3 Å². The maximum absolute atomic E-state index is 6.04. The van der Waals surface area contributed by atoms with E-state index in [0.29, 0.717) is 0 Å². The van der Waals surface area contributed by atoms with Crippen LogP contribution >= 0.6 is 0 Å². The number of anilines is 1. The number of nitrogens with two attached hydrogens (primary N) is 1. The third-order valence-electron chi connectivity index (χ3n) is 4.62. The summed E-state index contributed by atoms with van der Waals surface area (Å²) in [7, 11) is 0. The van der Waals surface area contributed by atoms with E-state index >= 15 is 0 Å². The van der Waals surface area contributed by atoms with E-state index in [1.807, 2.05) is 6.07 Å². The molecule has 1 aliphatic carbocycles. The predicted octanol–water partition coefficient (Wildman–Crippen LogP) is 3.02. The zero-order valence-corrected chi connectivity index (χ0v) is 10.7. The molecule has 0 aromatic heterocycles. The van der Waals surface area contributed by atoms with Crippen molar-refractivity contribution in [2.75, 3.05) is 12.3 Å². The van der Waals surface area contributed by atoms with Gasteiger partial charge in [-0.15, -0.1) is 0 Å². The van der Waals surface area contributed by atoms with E-state index in [1.54, 1.807) is 0 Å². The summed E-state index contributed by atoms with van der Waals surface area (Å²) < 4.78 is 0. The summed E-state index contributed by atoms with van der Waals surface area (Å²) >= 11 is 0. The van der Waals surface area contributed by atoms with E-state index in [9.17, 15) is 0 Å². The van der Waals surface area contributed by atoms with E-state index in [2.05, 4.69) is 24.0 Å². The third kappa shape index (κ3) is 2.06. The molecule has 0 saturated heterocycles. The van der Waals surface area contributed by atoms with Crippen LogP contribution < -0.4 is 5.73 Å². The Bertz CT molecular complexity index is 413. The Kier molecular flexibility index (Phi) is 2.83. The number of hydrogen-bond donors (Lipinski definition) is 1. The van der Waals surface area contributed by atoms with Crippen molar-refractivity contribution in [3.63, 3.8) is 0 Å². The monoisotopic (exact) mass is 230 g/mol. The molecule has 0 amide bonds. The second-order valence-electron chi connectivity index (χ2n) is 5.82. The Balaban J connectivity index is 1.68. The standard InChI is InChI=1S/C15H22N2/c1-11-4-2-5-12(11)8-17-9-13-6-3-7-15(16)14(13)10-17/h3,6-7,11-12H,2,4-5,8-10,16H2,1H3. The Morgan fingerprint density at radius 1 is 1.29 bits per heavy atom. The van der Waals surface area contributed by atoms with Crippen LogP contribution in [0.1, 0.15) is 37.3 Å². The van der Waals surface area contributed by atoms with Gasteiger partial charge in [-0.3, -0.25) is 4.90 Å². The molecule has 17 heavy (non-hydrogen) atoms. The average molecular weight is 230 g/mol. The predicted molar refractivity (Wildman–Crippen MR) is 71.5 cm³/mol. The first-order valence-corrected chi connectivity index (χ1v) is 6.82. The summed E-state index contributed by atoms with van der Waals surface area (Å²) in [4.78, 5) is 2.58. The summed E-state index contributed by atoms with van der Waals surface area (Å²) in [6.45, 7) is 5.83. The molecule has 2 aliphatic rings. The molecule has 3 rings (SSSR count). The molecular weight excluding hydrogens is 208 g/mol. The van der Waals surface area contributed by atoms with Gasteiger partial charge in [0.2, 0.25) is 0 Å². The average Bonchev–Trinajstić information content (AvgIpc) is 2.87. The second-order valence-corrected chi connectivity index (χ2v) is 5.82. The van der Waals surface area contributed by atoms with E-state index < -0.39 is 0 Å². The molecule has 2 N–H and O–H groups in total. The maximum atomic E-state index is 6.04. The number of fused-ring (bicyclic) bond motifs is 1. The van der Waals surface area contributed by atoms with Gasteiger partial charge in [0, 0.05) is 25.3 Å². The molecule has 2 unspecified atom stereocenters. The minimum atomic E-state index is 0.908. The number of nitrogens with zero attached hydrogens (tertiary/aromatic N) is 1. The van der Waals surface area contributed by atoms with Crippen molar-refractivity contribution in [3.8, 4) is 0 Å². The zero-order chi connectivity index (χ0) is 11.8. The normalized spacial score (nSPS) is 28.5. The van der Waals surface area contributed by atoms with Gasteiger partial charge in [0.25, 0.3) is 0 Å². The highest BCUT2D eigenvalue weighted by Crippen LogP contribution is 2.34. The second kappa shape index (κ2) is 4.34. The van der Waals surface area contributed by atoms with Crippen LogP contribution in [-0.4, -0.2) is 11.4 Å². The summed E-state index contributed by atoms with van der Waals surface area (Å²) in [6.07, 6.45) is 4.27. The fraction of sp³-hybridized carbons (Fsp3) is 0.600. The number of rotatable bonds is 2. The van der Waals surface area contributed by atoms with Crippen molar-refractivity contribution in [1.29, 1.82) is 0 Å². The highest BCUT2D eigenvalue weighted by atomic mass is 15.1. The molecule has 1 aliphatic heterocycles. The van der Waals surface area contributed by atoms with Gasteiger partial charge in [0.15, 0.2) is 0 Å². The molecule has 2 nitrogen and oxygen atoms in total. The molecule has 2 heteroatoms. The number of nitrogen functional groups attached to an aromatic ring is 1. The third-order valence-corrected chi connectivity index (χ3v) is 4.62. The van der Waals surface area contributed by atoms with Gasteiger partial charge in [-0.2, -0.15) is 0 Å². The van der Waals surface area contributed by atoms with Gasteiger partial charge < -0.3 is 5.73 Å². The van der Waals surface area contributed by atoms with Crippen molar-refractivity contribution in [1.82, 2.24) is 4.90 Å². The summed E-state index contributed by atoms with van der Waals surface area (Å²) in [5.41, 5.74) is 9.83. The summed E-state index contributed by atoms with van der Waals surface area (Å²) in [5, 5.41) is 0. The van der Waals surface area contributed by atoms with Gasteiger partial charge in [-0.05, 0) is 35.4 Å². The molecule has 1 aromatic carbocycles. The molecular formula is C15H22N2. The Labute approximate surface area is 104 Å². The first-order chi connectivity index (χ1) is 8.24. The van der Waals surface area contributed by atoms with E-state index in [1.165, 1.54) is 36.9 Å². The molecule has 0 spiro atoms. The highest BCUT2D eigenvalue weighted by Gasteiger charge is 2.28. The lowest BCUT2D eigenvalue weighted by Gasteiger charge is -2.22. The van der Waals surface area contributed by atoms with Gasteiger partial charge >= 0.3 is 0 Å². The van der Waals surface area contributed by atoms with E-state index in [-0.39, 0.29) is 0 Å². The van der Waals surface area contributed by atoms with Crippen LogP contribution in [0.2, 0.25) is 0 Å². The Morgan fingerprint density at radius 2 is 2.18 bits per heavy atom. The maximum Gasteiger partial charge on any atom is 0.0363 e. The van der Waals surface area contributed by atoms with Crippen molar-refractivity contribution in [2.45, 2.75) is 39.3 Å². The largest absolute Gasteiger partial charge is 0.398 e. The van der Waals surface area contributed by atoms with Crippen molar-refractivity contribution >= 4 is 5.69 Å². The summed E-state index contributed by atoms with van der Waals surface area (Å²) in [6, 6.07) is 6.33. The molecule has 0 bridgehead atoms. The van der Waals surface area contributed by atoms with Gasteiger partial charge in [0.1, 0.15) is 0 Å². The van der Waals surface area contributed by atoms with Crippen LogP contribution in [0, 0.1) is 11.8 Å². The molecule has 0 radical (unpaired) electrons. The zero-order valence-electron chi connectivity index (χ0n) is 10.7. The minimum absolute atomic E-state index is 0.908. The lowest BCUT2D eigenvalue weighted by atomic mass is 9.98. The molecule has 1 saturated carbocycles.